The fourth-order valence-electron chi connectivity index (χ4n) is 1.69. The molecule has 0 bridgehead atoms. The normalized spacial score (nSPS) is 10.1. The summed E-state index contributed by atoms with van der Waals surface area (Å²) in [6.07, 6.45) is 0. The number of amides is 2. The molecule has 0 fully saturated rings. The third kappa shape index (κ3) is 4.56. The minimum absolute atomic E-state index is 0.0256. The van der Waals surface area contributed by atoms with Gasteiger partial charge >= 0.3 is 0 Å². The Hall–Kier alpha value is -1.55. The predicted molar refractivity (Wildman–Crippen MR) is 76.3 cm³/mol. The van der Waals surface area contributed by atoms with E-state index in [0.717, 1.165) is 5.56 Å². The number of likely N-dealkylation sites (N-methyl/N-ethyl adjacent to an activating group) is 1. The van der Waals surface area contributed by atoms with Crippen LogP contribution in [0, 0.1) is 0 Å². The van der Waals surface area contributed by atoms with Gasteiger partial charge in [0.15, 0.2) is 0 Å². The van der Waals surface area contributed by atoms with Crippen LogP contribution in [0.15, 0.2) is 24.3 Å². The van der Waals surface area contributed by atoms with Crippen LogP contribution in [0.4, 0.5) is 0 Å². The van der Waals surface area contributed by atoms with E-state index in [2.05, 4.69) is 5.32 Å². The SMILES string of the molecule is CCN(CC)C(=O)CNC(=O)c1ccc(CCl)cc1. The lowest BCUT2D eigenvalue weighted by atomic mass is 10.1. The number of nitrogens with zero attached hydrogens (tertiary/aromatic N) is 1. The van der Waals surface area contributed by atoms with Crippen LogP contribution in [0.3, 0.4) is 0 Å². The van der Waals surface area contributed by atoms with Crippen LogP contribution in [-0.2, 0) is 10.7 Å². The van der Waals surface area contributed by atoms with Gasteiger partial charge in [-0.2, -0.15) is 0 Å². The number of halogens is 1. The highest BCUT2D eigenvalue weighted by atomic mass is 35.5. The van der Waals surface area contributed by atoms with E-state index in [9.17, 15) is 9.59 Å². The average Bonchev–Trinajstić information content (AvgIpc) is 2.46. The topological polar surface area (TPSA) is 49.4 Å². The molecule has 0 heterocycles. The summed E-state index contributed by atoms with van der Waals surface area (Å²) < 4.78 is 0. The van der Waals surface area contributed by atoms with Crippen molar-refractivity contribution >= 4 is 23.4 Å². The summed E-state index contributed by atoms with van der Waals surface area (Å²) in [7, 11) is 0. The van der Waals surface area contributed by atoms with Gasteiger partial charge in [0.25, 0.3) is 5.91 Å². The van der Waals surface area contributed by atoms with Gasteiger partial charge in [-0.1, -0.05) is 12.1 Å². The number of carbonyl (C=O) groups excluding carboxylic acids is 2. The second-order valence-corrected chi connectivity index (χ2v) is 4.35. The maximum Gasteiger partial charge on any atom is 0.251 e. The lowest BCUT2D eigenvalue weighted by molar-refractivity contribution is -0.129. The van der Waals surface area contributed by atoms with E-state index in [-0.39, 0.29) is 18.4 Å². The van der Waals surface area contributed by atoms with Gasteiger partial charge in [-0.25, -0.2) is 0 Å². The molecule has 1 aromatic carbocycles. The molecule has 0 radical (unpaired) electrons. The smallest absolute Gasteiger partial charge is 0.251 e. The molecule has 104 valence electrons. The lowest BCUT2D eigenvalue weighted by Gasteiger charge is -2.18. The molecule has 0 spiro atoms. The van der Waals surface area contributed by atoms with Crippen LogP contribution in [0.2, 0.25) is 0 Å². The van der Waals surface area contributed by atoms with E-state index in [1.54, 1.807) is 29.2 Å². The van der Waals surface area contributed by atoms with Crippen molar-refractivity contribution < 1.29 is 9.59 Å². The van der Waals surface area contributed by atoms with Crippen LogP contribution in [-0.4, -0.2) is 36.3 Å². The van der Waals surface area contributed by atoms with Gasteiger partial charge in [0.1, 0.15) is 0 Å². The molecule has 0 atom stereocenters. The Labute approximate surface area is 118 Å². The molecular formula is C14H19ClN2O2. The molecule has 1 rings (SSSR count). The van der Waals surface area contributed by atoms with E-state index in [1.807, 2.05) is 13.8 Å². The van der Waals surface area contributed by atoms with Crippen molar-refractivity contribution in [2.75, 3.05) is 19.6 Å². The highest BCUT2D eigenvalue weighted by Gasteiger charge is 2.11. The highest BCUT2D eigenvalue weighted by Crippen LogP contribution is 2.06. The summed E-state index contributed by atoms with van der Waals surface area (Å²) in [5, 5.41) is 2.62. The van der Waals surface area contributed by atoms with Crippen molar-refractivity contribution in [2.45, 2.75) is 19.7 Å². The Morgan fingerprint density at radius 2 is 1.74 bits per heavy atom. The van der Waals surface area contributed by atoms with Crippen molar-refractivity contribution in [3.63, 3.8) is 0 Å². The van der Waals surface area contributed by atoms with Crippen molar-refractivity contribution in [3.8, 4) is 0 Å². The molecule has 2 amide bonds. The minimum Gasteiger partial charge on any atom is -0.343 e. The van der Waals surface area contributed by atoms with Crippen LogP contribution in [0.1, 0.15) is 29.8 Å². The molecule has 0 aromatic heterocycles. The molecule has 1 N–H and O–H groups in total. The highest BCUT2D eigenvalue weighted by molar-refractivity contribution is 6.17. The molecule has 0 saturated carbocycles. The maximum absolute atomic E-state index is 11.8. The van der Waals surface area contributed by atoms with E-state index in [0.29, 0.717) is 24.5 Å². The Bertz CT molecular complexity index is 428. The second kappa shape index (κ2) is 7.79. The molecule has 1 aromatic rings. The first-order valence-corrected chi connectivity index (χ1v) is 6.86. The Morgan fingerprint density at radius 1 is 1.16 bits per heavy atom. The Morgan fingerprint density at radius 3 is 2.21 bits per heavy atom. The third-order valence-electron chi connectivity index (χ3n) is 2.89. The van der Waals surface area contributed by atoms with Gasteiger partial charge in [0.05, 0.1) is 6.54 Å². The summed E-state index contributed by atoms with van der Waals surface area (Å²) >= 11 is 5.68. The van der Waals surface area contributed by atoms with Crippen LogP contribution < -0.4 is 5.32 Å². The fraction of sp³-hybridized carbons (Fsp3) is 0.429. The summed E-state index contributed by atoms with van der Waals surface area (Å²) in [4.78, 5) is 25.2. The lowest BCUT2D eigenvalue weighted by Crippen LogP contribution is -2.39. The van der Waals surface area contributed by atoms with Gasteiger partial charge in [0.2, 0.25) is 5.91 Å². The summed E-state index contributed by atoms with van der Waals surface area (Å²) in [5.74, 6) is 0.0971. The summed E-state index contributed by atoms with van der Waals surface area (Å²) in [6, 6.07) is 7.01. The van der Waals surface area contributed by atoms with Crippen LogP contribution >= 0.6 is 11.6 Å². The quantitative estimate of drug-likeness (QED) is 0.812. The summed E-state index contributed by atoms with van der Waals surface area (Å²) in [5.41, 5.74) is 1.48. The van der Waals surface area contributed by atoms with Crippen molar-refractivity contribution in [1.82, 2.24) is 10.2 Å². The number of alkyl halides is 1. The minimum atomic E-state index is -0.248. The summed E-state index contributed by atoms with van der Waals surface area (Å²) in [6.45, 7) is 5.14. The zero-order chi connectivity index (χ0) is 14.3. The van der Waals surface area contributed by atoms with Crippen LogP contribution in [0.25, 0.3) is 0 Å². The molecule has 5 heteroatoms. The predicted octanol–water partition coefficient (Wildman–Crippen LogP) is 2.02. The number of rotatable bonds is 6. The number of hydrogen-bond acceptors (Lipinski definition) is 2. The number of nitrogens with one attached hydrogen (secondary N) is 1. The molecule has 0 unspecified atom stereocenters. The fourth-order valence-corrected chi connectivity index (χ4v) is 1.87. The van der Waals surface area contributed by atoms with Gasteiger partial charge < -0.3 is 10.2 Å². The maximum atomic E-state index is 11.8. The largest absolute Gasteiger partial charge is 0.343 e. The first kappa shape index (κ1) is 15.5. The van der Waals surface area contributed by atoms with E-state index in [1.165, 1.54) is 0 Å². The monoisotopic (exact) mass is 282 g/mol. The third-order valence-corrected chi connectivity index (χ3v) is 3.20. The van der Waals surface area contributed by atoms with Gasteiger partial charge in [-0.15, -0.1) is 11.6 Å². The van der Waals surface area contributed by atoms with Crippen molar-refractivity contribution in [2.24, 2.45) is 0 Å². The van der Waals surface area contributed by atoms with Gasteiger partial charge in [-0.3, -0.25) is 9.59 Å². The average molecular weight is 283 g/mol. The van der Waals surface area contributed by atoms with E-state index >= 15 is 0 Å². The zero-order valence-electron chi connectivity index (χ0n) is 11.3. The van der Waals surface area contributed by atoms with E-state index in [4.69, 9.17) is 11.6 Å². The van der Waals surface area contributed by atoms with E-state index < -0.39 is 0 Å². The second-order valence-electron chi connectivity index (χ2n) is 4.08. The number of carbonyl (C=O) groups is 2. The molecule has 0 saturated heterocycles. The molecular weight excluding hydrogens is 264 g/mol. The first-order valence-electron chi connectivity index (χ1n) is 6.33. The van der Waals surface area contributed by atoms with Crippen molar-refractivity contribution in [1.29, 1.82) is 0 Å². The van der Waals surface area contributed by atoms with Crippen LogP contribution in [0.5, 0.6) is 0 Å². The van der Waals surface area contributed by atoms with Gasteiger partial charge in [-0.05, 0) is 31.5 Å². The molecule has 0 aliphatic heterocycles. The Kier molecular flexibility index (Phi) is 6.36. The number of benzene rings is 1. The first-order chi connectivity index (χ1) is 9.12. The Balaban J connectivity index is 2.52. The molecule has 19 heavy (non-hydrogen) atoms. The van der Waals surface area contributed by atoms with Gasteiger partial charge in [0, 0.05) is 24.5 Å². The molecule has 0 aliphatic carbocycles. The molecule has 4 nitrogen and oxygen atoms in total. The zero-order valence-corrected chi connectivity index (χ0v) is 12.0. The molecule has 0 aliphatic rings. The van der Waals surface area contributed by atoms with Crippen molar-refractivity contribution in [3.05, 3.63) is 35.4 Å². The standard InChI is InChI=1S/C14H19ClN2O2/c1-3-17(4-2)13(18)10-16-14(19)12-7-5-11(9-15)6-8-12/h5-8H,3-4,9-10H2,1-2H3,(H,16,19). The number of hydrogen-bond donors (Lipinski definition) is 1.